The Labute approximate surface area is 164 Å². The zero-order valence-corrected chi connectivity index (χ0v) is 15.8. The molecule has 0 bridgehead atoms. The summed E-state index contributed by atoms with van der Waals surface area (Å²) in [5.74, 6) is 0.246. The summed E-state index contributed by atoms with van der Waals surface area (Å²) in [4.78, 5) is 23.2. The van der Waals surface area contributed by atoms with Gasteiger partial charge in [-0.2, -0.15) is 0 Å². The molecule has 2 aromatic rings. The van der Waals surface area contributed by atoms with Crippen LogP contribution in [0.1, 0.15) is 10.4 Å². The van der Waals surface area contributed by atoms with Gasteiger partial charge in [0.05, 0.1) is 4.92 Å². The van der Waals surface area contributed by atoms with Crippen LogP contribution < -0.4 is 16.2 Å². The van der Waals surface area contributed by atoms with E-state index < -0.39 is 10.8 Å². The number of amides is 1. The van der Waals surface area contributed by atoms with Crippen molar-refractivity contribution < 1.29 is 9.72 Å². The third kappa shape index (κ3) is 6.51. The summed E-state index contributed by atoms with van der Waals surface area (Å²) in [6, 6.07) is 12.9. The third-order valence-corrected chi connectivity index (χ3v) is 4.59. The highest BCUT2D eigenvalue weighted by atomic mass is 35.5. The normalized spacial score (nSPS) is 10.0. The number of hydrogen-bond acceptors (Lipinski definition) is 5. The molecule has 0 fully saturated rings. The minimum Gasteiger partial charge on any atom is -0.361 e. The molecule has 0 spiro atoms. The van der Waals surface area contributed by atoms with Gasteiger partial charge in [-0.1, -0.05) is 17.7 Å². The second kappa shape index (κ2) is 9.95. The number of carbonyl (C=O) groups excluding carboxylic acids is 1. The lowest BCUT2D eigenvalue weighted by atomic mass is 10.2. The Morgan fingerprint density at radius 2 is 1.92 bits per heavy atom. The van der Waals surface area contributed by atoms with Crippen LogP contribution in [0, 0.1) is 10.1 Å². The highest BCUT2D eigenvalue weighted by Gasteiger charge is 2.11. The zero-order chi connectivity index (χ0) is 18.9. The van der Waals surface area contributed by atoms with E-state index in [9.17, 15) is 14.9 Å². The van der Waals surface area contributed by atoms with Gasteiger partial charge in [0.2, 0.25) is 0 Å². The highest BCUT2D eigenvalue weighted by Crippen LogP contribution is 2.19. The first-order chi connectivity index (χ1) is 12.5. The average molecular weight is 411 g/mol. The van der Waals surface area contributed by atoms with Crippen molar-refractivity contribution in [1.82, 2.24) is 16.2 Å². The maximum Gasteiger partial charge on any atom is 0.270 e. The lowest BCUT2D eigenvalue weighted by Gasteiger charge is -2.11. The third-order valence-electron chi connectivity index (χ3n) is 3.08. The van der Waals surface area contributed by atoms with E-state index in [-0.39, 0.29) is 16.4 Å². The Bertz CT molecular complexity index is 802. The molecule has 0 aromatic heterocycles. The lowest BCUT2D eigenvalue weighted by molar-refractivity contribution is -0.384. The van der Waals surface area contributed by atoms with E-state index in [4.69, 9.17) is 23.8 Å². The molecule has 0 aliphatic carbocycles. The van der Waals surface area contributed by atoms with Crippen LogP contribution in [-0.2, 0) is 0 Å². The summed E-state index contributed by atoms with van der Waals surface area (Å²) >= 11 is 12.5. The first-order valence-corrected chi connectivity index (χ1v) is 9.20. The summed E-state index contributed by atoms with van der Waals surface area (Å²) in [6.45, 7) is 0.589. The monoisotopic (exact) mass is 410 g/mol. The van der Waals surface area contributed by atoms with Gasteiger partial charge >= 0.3 is 0 Å². The molecule has 0 unspecified atom stereocenters. The molecule has 10 heteroatoms. The predicted octanol–water partition coefficient (Wildman–Crippen LogP) is 3.15. The number of nitro groups is 1. The van der Waals surface area contributed by atoms with E-state index in [2.05, 4.69) is 16.2 Å². The average Bonchev–Trinajstić information content (AvgIpc) is 2.64. The zero-order valence-electron chi connectivity index (χ0n) is 13.4. The largest absolute Gasteiger partial charge is 0.361 e. The molecular weight excluding hydrogens is 396 g/mol. The van der Waals surface area contributed by atoms with Crippen LogP contribution in [0.25, 0.3) is 0 Å². The van der Waals surface area contributed by atoms with E-state index in [1.807, 2.05) is 24.3 Å². The number of rotatable bonds is 6. The number of hydrazine groups is 1. The number of non-ortho nitro benzene ring substituents is 1. The van der Waals surface area contributed by atoms with Gasteiger partial charge in [0.1, 0.15) is 0 Å². The van der Waals surface area contributed by atoms with Gasteiger partial charge in [0, 0.05) is 39.9 Å². The van der Waals surface area contributed by atoms with E-state index in [0.29, 0.717) is 11.6 Å². The van der Waals surface area contributed by atoms with Gasteiger partial charge in [0.25, 0.3) is 11.6 Å². The van der Waals surface area contributed by atoms with Crippen LogP contribution in [0.2, 0.25) is 5.02 Å². The van der Waals surface area contributed by atoms with Gasteiger partial charge in [-0.05, 0) is 42.5 Å². The standard InChI is InChI=1S/C16H15ClN4O3S2/c17-12-4-6-14(7-5-12)26-9-8-18-16(25)20-19-15(22)11-2-1-3-13(10-11)21(23)24/h1-7,10H,8-9H2,(H,19,22)(H2,18,20,25). The number of nitrogens with one attached hydrogen (secondary N) is 3. The fourth-order valence-electron chi connectivity index (χ4n) is 1.85. The van der Waals surface area contributed by atoms with Crippen LogP contribution in [0.3, 0.4) is 0 Å². The molecule has 0 saturated heterocycles. The van der Waals surface area contributed by atoms with Gasteiger partial charge in [-0.15, -0.1) is 11.8 Å². The van der Waals surface area contributed by atoms with Crippen LogP contribution in [-0.4, -0.2) is 28.2 Å². The van der Waals surface area contributed by atoms with Gasteiger partial charge < -0.3 is 5.32 Å². The van der Waals surface area contributed by atoms with Crippen molar-refractivity contribution in [3.05, 3.63) is 69.2 Å². The highest BCUT2D eigenvalue weighted by molar-refractivity contribution is 7.99. The number of nitro benzene ring substituents is 1. The molecule has 7 nitrogen and oxygen atoms in total. The fourth-order valence-corrected chi connectivity index (χ4v) is 2.90. The van der Waals surface area contributed by atoms with Crippen LogP contribution >= 0.6 is 35.6 Å². The number of nitrogens with zero attached hydrogens (tertiary/aromatic N) is 1. The second-order valence-electron chi connectivity index (χ2n) is 4.94. The molecule has 0 aliphatic heterocycles. The Morgan fingerprint density at radius 3 is 2.62 bits per heavy atom. The summed E-state index contributed by atoms with van der Waals surface area (Å²) in [7, 11) is 0. The van der Waals surface area contributed by atoms with Crippen molar-refractivity contribution >= 4 is 52.3 Å². The SMILES string of the molecule is O=C(NNC(=S)NCCSc1ccc(Cl)cc1)c1cccc([N+](=O)[O-])c1. The number of benzene rings is 2. The van der Waals surface area contributed by atoms with Gasteiger partial charge in [-0.3, -0.25) is 25.8 Å². The van der Waals surface area contributed by atoms with Crippen molar-refractivity contribution in [3.63, 3.8) is 0 Å². The minimum absolute atomic E-state index is 0.155. The first kappa shape index (κ1) is 20.0. The van der Waals surface area contributed by atoms with Crippen LogP contribution in [0.5, 0.6) is 0 Å². The molecule has 2 rings (SSSR count). The summed E-state index contributed by atoms with van der Waals surface area (Å²) in [5.41, 5.74) is 4.96. The lowest BCUT2D eigenvalue weighted by Crippen LogP contribution is -2.47. The Morgan fingerprint density at radius 1 is 1.19 bits per heavy atom. The number of halogens is 1. The topological polar surface area (TPSA) is 96.3 Å². The maximum absolute atomic E-state index is 12.0. The molecule has 136 valence electrons. The number of thiocarbonyl (C=S) groups is 1. The summed E-state index contributed by atoms with van der Waals surface area (Å²) in [6.07, 6.45) is 0. The number of thioether (sulfide) groups is 1. The molecule has 0 aliphatic rings. The van der Waals surface area contributed by atoms with Crippen molar-refractivity contribution in [3.8, 4) is 0 Å². The predicted molar refractivity (Wildman–Crippen MR) is 106 cm³/mol. The molecule has 0 heterocycles. The molecule has 3 N–H and O–H groups in total. The van der Waals surface area contributed by atoms with Gasteiger partial charge in [-0.25, -0.2) is 0 Å². The van der Waals surface area contributed by atoms with Crippen LogP contribution in [0.4, 0.5) is 5.69 Å². The van der Waals surface area contributed by atoms with Crippen molar-refractivity contribution in [2.24, 2.45) is 0 Å². The quantitative estimate of drug-likeness (QED) is 0.221. The molecule has 0 radical (unpaired) electrons. The molecule has 2 aromatic carbocycles. The van der Waals surface area contributed by atoms with E-state index in [0.717, 1.165) is 10.6 Å². The minimum atomic E-state index is -0.561. The van der Waals surface area contributed by atoms with E-state index in [1.165, 1.54) is 24.3 Å². The molecule has 0 saturated carbocycles. The fraction of sp³-hybridized carbons (Fsp3) is 0.125. The van der Waals surface area contributed by atoms with E-state index in [1.54, 1.807) is 11.8 Å². The maximum atomic E-state index is 12.0. The van der Waals surface area contributed by atoms with Crippen molar-refractivity contribution in [2.75, 3.05) is 12.3 Å². The van der Waals surface area contributed by atoms with E-state index >= 15 is 0 Å². The molecule has 26 heavy (non-hydrogen) atoms. The van der Waals surface area contributed by atoms with Crippen molar-refractivity contribution in [2.45, 2.75) is 4.90 Å². The summed E-state index contributed by atoms with van der Waals surface area (Å²) in [5, 5.41) is 14.6. The molecule has 0 atom stereocenters. The Balaban J connectivity index is 1.69. The Hall–Kier alpha value is -2.36. The summed E-state index contributed by atoms with van der Waals surface area (Å²) < 4.78 is 0. The van der Waals surface area contributed by atoms with Crippen molar-refractivity contribution in [1.29, 1.82) is 0 Å². The number of hydrogen-bond donors (Lipinski definition) is 3. The Kier molecular flexibility index (Phi) is 7.64. The number of carbonyl (C=O) groups is 1. The van der Waals surface area contributed by atoms with Gasteiger partial charge in [0.15, 0.2) is 5.11 Å². The smallest absolute Gasteiger partial charge is 0.270 e. The first-order valence-electron chi connectivity index (χ1n) is 7.43. The molecule has 1 amide bonds. The molecular formula is C16H15ClN4O3S2. The second-order valence-corrected chi connectivity index (χ2v) is 6.96. The van der Waals surface area contributed by atoms with Crippen LogP contribution in [0.15, 0.2) is 53.4 Å².